The third-order valence-corrected chi connectivity index (χ3v) is 7.24. The summed E-state index contributed by atoms with van der Waals surface area (Å²) in [6.45, 7) is 1.70. The fourth-order valence-electron chi connectivity index (χ4n) is 3.69. The Morgan fingerprint density at radius 1 is 1.20 bits per heavy atom. The molecule has 2 aromatic heterocycles. The van der Waals surface area contributed by atoms with Crippen molar-refractivity contribution in [1.82, 2.24) is 19.9 Å². The van der Waals surface area contributed by atoms with Crippen molar-refractivity contribution in [3.63, 3.8) is 0 Å². The van der Waals surface area contributed by atoms with Crippen LogP contribution in [-0.2, 0) is 5.60 Å². The van der Waals surface area contributed by atoms with Crippen molar-refractivity contribution < 1.29 is 5.11 Å². The van der Waals surface area contributed by atoms with Crippen molar-refractivity contribution in [2.24, 2.45) is 0 Å². The van der Waals surface area contributed by atoms with Crippen LogP contribution in [-0.4, -0.2) is 51.1 Å². The van der Waals surface area contributed by atoms with Crippen LogP contribution in [0.3, 0.4) is 0 Å². The molecule has 1 aliphatic carbocycles. The number of nitrogens with zero attached hydrogens (tertiary/aromatic N) is 4. The number of benzene rings is 1. The van der Waals surface area contributed by atoms with Crippen LogP contribution in [0.15, 0.2) is 36.5 Å². The number of hydrogen-bond donors (Lipinski definition) is 2. The maximum absolute atomic E-state index is 11.4. The van der Waals surface area contributed by atoms with Crippen molar-refractivity contribution in [1.29, 1.82) is 0 Å². The molecule has 2 N–H and O–H groups in total. The SMILES string of the molecule is CN1CCC(O)(c2nc(-c3cccc(Cl)c3)c(-c3ccnc(NC4CC4)n3)s2)CC1. The van der Waals surface area contributed by atoms with Crippen molar-refractivity contribution >= 4 is 28.9 Å². The summed E-state index contributed by atoms with van der Waals surface area (Å²) in [7, 11) is 2.08. The van der Waals surface area contributed by atoms with Gasteiger partial charge in [0, 0.05) is 35.9 Å². The van der Waals surface area contributed by atoms with E-state index in [4.69, 9.17) is 21.6 Å². The van der Waals surface area contributed by atoms with Crippen LogP contribution in [0.2, 0.25) is 5.02 Å². The van der Waals surface area contributed by atoms with E-state index in [9.17, 15) is 5.11 Å². The van der Waals surface area contributed by atoms with Crippen LogP contribution in [0.4, 0.5) is 5.95 Å². The van der Waals surface area contributed by atoms with Crippen LogP contribution < -0.4 is 5.32 Å². The van der Waals surface area contributed by atoms with Crippen LogP contribution in [0.1, 0.15) is 30.7 Å². The molecule has 3 aromatic rings. The van der Waals surface area contributed by atoms with E-state index in [0.717, 1.165) is 52.8 Å². The van der Waals surface area contributed by atoms with E-state index in [0.29, 0.717) is 29.9 Å². The van der Waals surface area contributed by atoms with Gasteiger partial charge in [-0.25, -0.2) is 15.0 Å². The Labute approximate surface area is 185 Å². The Morgan fingerprint density at radius 3 is 2.73 bits per heavy atom. The predicted molar refractivity (Wildman–Crippen MR) is 121 cm³/mol. The zero-order valence-electron chi connectivity index (χ0n) is 16.8. The Morgan fingerprint density at radius 2 is 2.00 bits per heavy atom. The lowest BCUT2D eigenvalue weighted by Gasteiger charge is -2.34. The lowest BCUT2D eigenvalue weighted by atomic mass is 9.92. The van der Waals surface area contributed by atoms with E-state index in [1.807, 2.05) is 30.3 Å². The Balaban J connectivity index is 1.59. The molecule has 2 fully saturated rings. The van der Waals surface area contributed by atoms with Gasteiger partial charge in [-0.05, 0) is 50.9 Å². The van der Waals surface area contributed by atoms with E-state index < -0.39 is 5.60 Å². The normalized spacial score (nSPS) is 19.0. The quantitative estimate of drug-likeness (QED) is 0.611. The number of hydrogen-bond acceptors (Lipinski definition) is 7. The van der Waals surface area contributed by atoms with Crippen LogP contribution in [0.5, 0.6) is 0 Å². The summed E-state index contributed by atoms with van der Waals surface area (Å²) in [5.74, 6) is 0.639. The number of aromatic nitrogens is 3. The summed E-state index contributed by atoms with van der Waals surface area (Å²) in [6, 6.07) is 10.1. The molecule has 5 rings (SSSR count). The van der Waals surface area contributed by atoms with Gasteiger partial charge >= 0.3 is 0 Å². The summed E-state index contributed by atoms with van der Waals surface area (Å²) in [5.41, 5.74) is 1.63. The number of nitrogens with one attached hydrogen (secondary N) is 1. The lowest BCUT2D eigenvalue weighted by Crippen LogP contribution is -2.40. The Kier molecular flexibility index (Phi) is 5.23. The van der Waals surface area contributed by atoms with E-state index in [1.165, 1.54) is 11.3 Å². The monoisotopic (exact) mass is 441 g/mol. The van der Waals surface area contributed by atoms with Crippen molar-refractivity contribution in [2.75, 3.05) is 25.5 Å². The van der Waals surface area contributed by atoms with Crippen molar-refractivity contribution in [3.05, 3.63) is 46.6 Å². The molecule has 3 heterocycles. The van der Waals surface area contributed by atoms with Gasteiger partial charge in [-0.1, -0.05) is 23.7 Å². The Hall–Kier alpha value is -2.06. The van der Waals surface area contributed by atoms with Crippen molar-refractivity contribution in [3.8, 4) is 21.8 Å². The zero-order chi connectivity index (χ0) is 20.7. The van der Waals surface area contributed by atoms with Crippen molar-refractivity contribution in [2.45, 2.75) is 37.3 Å². The molecule has 8 heteroatoms. The summed E-state index contributed by atoms with van der Waals surface area (Å²) >= 11 is 7.79. The van der Waals surface area contributed by atoms with Gasteiger partial charge < -0.3 is 15.3 Å². The maximum Gasteiger partial charge on any atom is 0.223 e. The van der Waals surface area contributed by atoms with Gasteiger partial charge in [0.1, 0.15) is 10.6 Å². The molecule has 0 radical (unpaired) electrons. The molecule has 0 atom stereocenters. The highest BCUT2D eigenvalue weighted by molar-refractivity contribution is 7.15. The molecular formula is C22H24ClN5OS. The highest BCUT2D eigenvalue weighted by Crippen LogP contribution is 2.43. The van der Waals surface area contributed by atoms with Gasteiger partial charge in [0.2, 0.25) is 5.95 Å². The topological polar surface area (TPSA) is 74.2 Å². The first-order chi connectivity index (χ1) is 14.5. The second-order valence-corrected chi connectivity index (χ2v) is 9.66. The number of aliphatic hydroxyl groups is 1. The maximum atomic E-state index is 11.4. The molecule has 1 aliphatic heterocycles. The number of piperidine rings is 1. The molecule has 0 amide bonds. The molecule has 1 saturated heterocycles. The summed E-state index contributed by atoms with van der Waals surface area (Å²) in [4.78, 5) is 17.2. The van der Waals surface area contributed by atoms with Crippen LogP contribution in [0, 0.1) is 0 Å². The fraction of sp³-hybridized carbons (Fsp3) is 0.409. The highest BCUT2D eigenvalue weighted by atomic mass is 35.5. The first-order valence-electron chi connectivity index (χ1n) is 10.3. The molecule has 0 bridgehead atoms. The summed E-state index contributed by atoms with van der Waals surface area (Å²) < 4.78 is 0. The zero-order valence-corrected chi connectivity index (χ0v) is 18.4. The molecule has 1 saturated carbocycles. The minimum Gasteiger partial charge on any atom is -0.383 e. The standard InChI is InChI=1S/C22H24ClN5OS/c1-28-11-8-22(29,9-12-28)20-27-18(14-3-2-4-15(23)13-14)19(30-20)17-7-10-24-21(26-17)25-16-5-6-16/h2-4,7,10,13,16,29H,5-6,8-9,11-12H2,1H3,(H,24,25,26). The summed E-state index contributed by atoms with van der Waals surface area (Å²) in [5, 5.41) is 16.1. The highest BCUT2D eigenvalue weighted by Gasteiger charge is 2.37. The Bertz CT molecular complexity index is 1060. The number of anilines is 1. The number of halogens is 1. The van der Waals surface area contributed by atoms with Gasteiger partial charge in [-0.15, -0.1) is 11.3 Å². The minimum atomic E-state index is -0.912. The van der Waals surface area contributed by atoms with Gasteiger partial charge in [0.25, 0.3) is 0 Å². The molecule has 6 nitrogen and oxygen atoms in total. The molecule has 156 valence electrons. The third-order valence-electron chi connectivity index (χ3n) is 5.74. The molecule has 0 unspecified atom stereocenters. The molecule has 30 heavy (non-hydrogen) atoms. The van der Waals surface area contributed by atoms with E-state index in [1.54, 1.807) is 6.20 Å². The van der Waals surface area contributed by atoms with Gasteiger partial charge in [-0.2, -0.15) is 0 Å². The van der Waals surface area contributed by atoms with Crippen LogP contribution >= 0.6 is 22.9 Å². The molecular weight excluding hydrogens is 418 g/mol. The molecule has 2 aliphatic rings. The average Bonchev–Trinajstić information content (AvgIpc) is 3.43. The number of thiazole rings is 1. The first-order valence-corrected chi connectivity index (χ1v) is 11.5. The van der Waals surface area contributed by atoms with Gasteiger partial charge in [0.05, 0.1) is 16.3 Å². The average molecular weight is 442 g/mol. The predicted octanol–water partition coefficient (Wildman–Crippen LogP) is 4.41. The minimum absolute atomic E-state index is 0.476. The smallest absolute Gasteiger partial charge is 0.223 e. The second-order valence-electron chi connectivity index (χ2n) is 8.23. The summed E-state index contributed by atoms with van der Waals surface area (Å²) in [6.07, 6.45) is 5.44. The van der Waals surface area contributed by atoms with E-state index in [-0.39, 0.29) is 0 Å². The van der Waals surface area contributed by atoms with Gasteiger partial charge in [0.15, 0.2) is 0 Å². The number of likely N-dealkylation sites (tertiary alicyclic amines) is 1. The number of rotatable bonds is 5. The fourth-order valence-corrected chi connectivity index (χ4v) is 5.08. The largest absolute Gasteiger partial charge is 0.383 e. The molecule has 1 aromatic carbocycles. The van der Waals surface area contributed by atoms with Gasteiger partial charge in [-0.3, -0.25) is 0 Å². The van der Waals surface area contributed by atoms with Crippen LogP contribution in [0.25, 0.3) is 21.8 Å². The second kappa shape index (κ2) is 7.89. The lowest BCUT2D eigenvalue weighted by molar-refractivity contribution is -0.0203. The van der Waals surface area contributed by atoms with E-state index >= 15 is 0 Å². The third kappa shape index (κ3) is 4.07. The first kappa shape index (κ1) is 19.9. The van der Waals surface area contributed by atoms with E-state index in [2.05, 4.69) is 22.2 Å². The molecule has 0 spiro atoms.